The highest BCUT2D eigenvalue weighted by Gasteiger charge is 2.38. The van der Waals surface area contributed by atoms with Gasteiger partial charge in [-0.05, 0) is 24.8 Å². The number of halogens is 6. The average molecular weight is 547 g/mol. The van der Waals surface area contributed by atoms with Crippen LogP contribution in [0.1, 0.15) is 31.5 Å². The van der Waals surface area contributed by atoms with E-state index in [9.17, 15) is 31.1 Å². The van der Waals surface area contributed by atoms with Crippen LogP contribution in [0.4, 0.5) is 26.3 Å². The molecule has 1 aromatic heterocycles. The molecule has 1 aliphatic carbocycles. The quantitative estimate of drug-likeness (QED) is 0.481. The fourth-order valence-corrected chi connectivity index (χ4v) is 3.75. The average Bonchev–Trinajstić information content (AvgIpc) is 2.78. The first kappa shape index (κ1) is 32.4. The van der Waals surface area contributed by atoms with Gasteiger partial charge in [0, 0.05) is 50.0 Å². The van der Waals surface area contributed by atoms with Gasteiger partial charge in [-0.2, -0.15) is 26.3 Å². The smallest absolute Gasteiger partial charge is 0.475 e. The van der Waals surface area contributed by atoms with Crippen molar-refractivity contribution in [3.05, 3.63) is 33.7 Å². The lowest BCUT2D eigenvalue weighted by Gasteiger charge is -2.30. The molecular weight excluding hydrogens is 516 g/mol. The minimum atomic E-state index is -5.08. The van der Waals surface area contributed by atoms with Gasteiger partial charge in [-0.15, -0.1) is 0 Å². The third-order valence-electron chi connectivity index (χ3n) is 5.38. The number of alkyl halides is 6. The van der Waals surface area contributed by atoms with Crippen LogP contribution in [0.25, 0.3) is 0 Å². The first-order valence-electron chi connectivity index (χ1n) is 11.4. The van der Waals surface area contributed by atoms with Gasteiger partial charge in [-0.1, -0.05) is 19.9 Å². The number of aromatic nitrogens is 1. The van der Waals surface area contributed by atoms with Crippen molar-refractivity contribution in [3.63, 3.8) is 0 Å². The van der Waals surface area contributed by atoms with E-state index in [0.29, 0.717) is 12.1 Å². The summed E-state index contributed by atoms with van der Waals surface area (Å²) in [7, 11) is 0. The molecule has 0 aromatic carbocycles. The molecule has 1 saturated heterocycles. The van der Waals surface area contributed by atoms with Crippen molar-refractivity contribution in [2.75, 3.05) is 32.8 Å². The van der Waals surface area contributed by atoms with Gasteiger partial charge in [-0.3, -0.25) is 9.69 Å². The summed E-state index contributed by atoms with van der Waals surface area (Å²) in [6, 6.07) is 4.83. The van der Waals surface area contributed by atoms with Crippen molar-refractivity contribution >= 4 is 11.9 Å². The lowest BCUT2D eigenvalue weighted by Crippen LogP contribution is -2.42. The van der Waals surface area contributed by atoms with E-state index >= 15 is 0 Å². The van der Waals surface area contributed by atoms with E-state index in [-0.39, 0.29) is 5.56 Å². The van der Waals surface area contributed by atoms with E-state index in [1.54, 1.807) is 6.07 Å². The van der Waals surface area contributed by atoms with Crippen molar-refractivity contribution in [1.82, 2.24) is 14.8 Å². The number of morpholine rings is 1. The molecule has 0 saturated carbocycles. The predicted molar refractivity (Wildman–Crippen MR) is 119 cm³/mol. The van der Waals surface area contributed by atoms with E-state index < -0.39 is 24.3 Å². The topological polar surface area (TPSA) is 121 Å². The van der Waals surface area contributed by atoms with Gasteiger partial charge in [0.15, 0.2) is 0 Å². The number of fused-ring (bicyclic) bond motifs is 1. The number of carboxylic acid groups (broad SMARTS) is 2. The zero-order valence-electron chi connectivity index (χ0n) is 20.4. The number of ether oxygens (including phenoxy) is 1. The molecule has 212 valence electrons. The molecule has 2 aliphatic rings. The Morgan fingerprint density at radius 2 is 1.54 bits per heavy atom. The number of hydrogen-bond donors (Lipinski definition) is 3. The highest BCUT2D eigenvalue weighted by molar-refractivity contribution is 5.73. The van der Waals surface area contributed by atoms with Gasteiger partial charge < -0.3 is 24.8 Å². The van der Waals surface area contributed by atoms with Crippen LogP contribution in [0.15, 0.2) is 16.9 Å². The fraction of sp³-hybridized carbons (Fsp3) is 0.682. The molecule has 1 unspecified atom stereocenters. The number of nitrogens with one attached hydrogen (secondary N) is 1. The maximum Gasteiger partial charge on any atom is 0.490 e. The standard InChI is InChI=1S/C18H29N3O2.2C2HF3O2/c1-14(2)19-16-4-5-17-15(13-16)3-6-18(22)21(17)8-7-20-9-11-23-12-10-20;2*3-2(4,5)1(6)7/h3,6,14,16,19H,4-5,7-13H2,1-2H3;2*(H,6,7). The Balaban J connectivity index is 0.000000404. The number of pyridine rings is 1. The van der Waals surface area contributed by atoms with Gasteiger partial charge in [0.2, 0.25) is 0 Å². The molecular formula is C22H31F6N3O6. The zero-order valence-corrected chi connectivity index (χ0v) is 20.4. The van der Waals surface area contributed by atoms with E-state index in [1.165, 1.54) is 11.3 Å². The van der Waals surface area contributed by atoms with Crippen LogP contribution in [0.3, 0.4) is 0 Å². The van der Waals surface area contributed by atoms with Crippen LogP contribution in [-0.4, -0.2) is 88.9 Å². The highest BCUT2D eigenvalue weighted by Crippen LogP contribution is 2.21. The first-order chi connectivity index (χ1) is 17.0. The van der Waals surface area contributed by atoms with Crippen LogP contribution in [-0.2, 0) is 33.7 Å². The SMILES string of the molecule is CC(C)NC1CCc2c(ccc(=O)n2CCN2CCOCC2)C1.O=C(O)C(F)(F)F.O=C(O)C(F)(F)F. The Morgan fingerprint density at radius 3 is 2.00 bits per heavy atom. The van der Waals surface area contributed by atoms with Gasteiger partial charge in [0.05, 0.1) is 13.2 Å². The van der Waals surface area contributed by atoms with Crippen molar-refractivity contribution < 1.29 is 50.9 Å². The van der Waals surface area contributed by atoms with Gasteiger partial charge in [-0.25, -0.2) is 9.59 Å². The lowest BCUT2D eigenvalue weighted by molar-refractivity contribution is -0.193. The van der Waals surface area contributed by atoms with Crippen molar-refractivity contribution in [2.24, 2.45) is 0 Å². The third kappa shape index (κ3) is 12.0. The number of carboxylic acids is 2. The van der Waals surface area contributed by atoms with Crippen molar-refractivity contribution in [1.29, 1.82) is 0 Å². The molecule has 0 radical (unpaired) electrons. The number of hydrogen-bond acceptors (Lipinski definition) is 6. The molecule has 3 N–H and O–H groups in total. The number of rotatable bonds is 5. The number of aliphatic carboxylic acids is 2. The van der Waals surface area contributed by atoms with Crippen molar-refractivity contribution in [3.8, 4) is 0 Å². The van der Waals surface area contributed by atoms with Crippen LogP contribution >= 0.6 is 0 Å². The second-order valence-corrected chi connectivity index (χ2v) is 8.62. The molecule has 1 fully saturated rings. The highest BCUT2D eigenvalue weighted by atomic mass is 19.4. The molecule has 3 rings (SSSR count). The molecule has 1 aliphatic heterocycles. The molecule has 0 bridgehead atoms. The fourth-order valence-electron chi connectivity index (χ4n) is 3.75. The molecule has 15 heteroatoms. The molecule has 2 heterocycles. The molecule has 0 spiro atoms. The summed E-state index contributed by atoms with van der Waals surface area (Å²) < 4.78 is 70.9. The van der Waals surface area contributed by atoms with Gasteiger partial charge >= 0.3 is 24.3 Å². The molecule has 9 nitrogen and oxygen atoms in total. The predicted octanol–water partition coefficient (Wildman–Crippen LogP) is 2.30. The maximum absolute atomic E-state index is 12.3. The third-order valence-corrected chi connectivity index (χ3v) is 5.38. The largest absolute Gasteiger partial charge is 0.490 e. The molecule has 37 heavy (non-hydrogen) atoms. The number of carbonyl (C=O) groups is 2. The van der Waals surface area contributed by atoms with Crippen LogP contribution in [0.5, 0.6) is 0 Å². The normalized spacial score (nSPS) is 18.1. The summed E-state index contributed by atoms with van der Waals surface area (Å²) in [5, 5.41) is 17.9. The first-order valence-corrected chi connectivity index (χ1v) is 11.4. The Kier molecular flexibility index (Phi) is 12.5. The summed E-state index contributed by atoms with van der Waals surface area (Å²) in [6.45, 7) is 9.69. The molecule has 1 aromatic rings. The Bertz CT molecular complexity index is 918. The second kappa shape index (κ2) is 14.3. The van der Waals surface area contributed by atoms with E-state index in [1.807, 2.05) is 10.6 Å². The van der Waals surface area contributed by atoms with Gasteiger partial charge in [0.1, 0.15) is 0 Å². The summed E-state index contributed by atoms with van der Waals surface area (Å²) >= 11 is 0. The molecule has 0 amide bonds. The lowest BCUT2D eigenvalue weighted by atomic mass is 9.91. The van der Waals surface area contributed by atoms with E-state index in [2.05, 4.69) is 24.1 Å². The monoisotopic (exact) mass is 547 g/mol. The Labute approximate surface area is 209 Å². The van der Waals surface area contributed by atoms with Crippen LogP contribution in [0.2, 0.25) is 0 Å². The van der Waals surface area contributed by atoms with E-state index in [0.717, 1.165) is 58.7 Å². The minimum Gasteiger partial charge on any atom is -0.475 e. The summed E-state index contributed by atoms with van der Waals surface area (Å²) in [4.78, 5) is 32.5. The van der Waals surface area contributed by atoms with E-state index in [4.69, 9.17) is 24.5 Å². The van der Waals surface area contributed by atoms with Gasteiger partial charge in [0.25, 0.3) is 5.56 Å². The summed E-state index contributed by atoms with van der Waals surface area (Å²) in [5.41, 5.74) is 2.75. The Morgan fingerprint density at radius 1 is 1.03 bits per heavy atom. The minimum absolute atomic E-state index is 0.146. The Hall–Kier alpha value is -2.65. The molecule has 1 atom stereocenters. The van der Waals surface area contributed by atoms with Crippen molar-refractivity contribution in [2.45, 2.75) is 64.1 Å². The van der Waals surface area contributed by atoms with Crippen LogP contribution < -0.4 is 10.9 Å². The summed E-state index contributed by atoms with van der Waals surface area (Å²) in [6.07, 6.45) is -7.02. The van der Waals surface area contributed by atoms with Crippen LogP contribution in [0, 0.1) is 0 Å². The number of nitrogens with zero attached hydrogens (tertiary/aromatic N) is 2. The maximum atomic E-state index is 12.3. The summed E-state index contributed by atoms with van der Waals surface area (Å²) in [5.74, 6) is -5.51. The zero-order chi connectivity index (χ0) is 28.4. The second-order valence-electron chi connectivity index (χ2n) is 8.62.